The molecule has 0 aliphatic carbocycles. The summed E-state index contributed by atoms with van der Waals surface area (Å²) in [5.41, 5.74) is 4.18. The first kappa shape index (κ1) is 11.9. The second-order valence-electron chi connectivity index (χ2n) is 3.75. The Labute approximate surface area is 110 Å². The maximum Gasteiger partial charge on any atom is 0.0998 e. The van der Waals surface area contributed by atoms with Crippen LogP contribution in [0, 0.1) is 11.3 Å². The summed E-state index contributed by atoms with van der Waals surface area (Å²) in [7, 11) is 0. The lowest BCUT2D eigenvalue weighted by Crippen LogP contribution is -1.92. The fraction of sp³-hybridized carbons (Fsp3) is 0.133. The van der Waals surface area contributed by atoms with E-state index in [-0.39, 0.29) is 0 Å². The zero-order chi connectivity index (χ0) is 12.1. The minimum Gasteiger partial charge on any atom is -0.192 e. The van der Waals surface area contributed by atoms with Crippen LogP contribution >= 0.6 is 15.9 Å². The van der Waals surface area contributed by atoms with E-state index in [1.807, 2.05) is 36.4 Å². The molecular weight excluding hydrogens is 274 g/mol. The maximum atomic E-state index is 9.14. The second-order valence-corrected chi connectivity index (χ2v) is 4.55. The van der Waals surface area contributed by atoms with Crippen molar-refractivity contribution in [3.05, 3.63) is 59.7 Å². The SMILES string of the molecule is N#Cc1ccccc1-c1ccccc1CCBr. The molecule has 0 radical (unpaired) electrons. The van der Waals surface area contributed by atoms with E-state index < -0.39 is 0 Å². The third-order valence-corrected chi connectivity index (χ3v) is 3.12. The van der Waals surface area contributed by atoms with E-state index in [0.717, 1.165) is 28.4 Å². The van der Waals surface area contributed by atoms with E-state index in [1.165, 1.54) is 5.56 Å². The van der Waals surface area contributed by atoms with Crippen molar-refractivity contribution in [3.8, 4) is 17.2 Å². The number of alkyl halides is 1. The molecule has 17 heavy (non-hydrogen) atoms. The Morgan fingerprint density at radius 3 is 2.29 bits per heavy atom. The van der Waals surface area contributed by atoms with E-state index in [2.05, 4.69) is 34.1 Å². The molecule has 0 saturated heterocycles. The number of halogens is 1. The van der Waals surface area contributed by atoms with Gasteiger partial charge in [0.15, 0.2) is 0 Å². The van der Waals surface area contributed by atoms with Gasteiger partial charge < -0.3 is 0 Å². The van der Waals surface area contributed by atoms with Gasteiger partial charge in [0.2, 0.25) is 0 Å². The van der Waals surface area contributed by atoms with Crippen LogP contribution in [0.4, 0.5) is 0 Å². The van der Waals surface area contributed by atoms with Crippen molar-refractivity contribution in [1.82, 2.24) is 0 Å². The van der Waals surface area contributed by atoms with E-state index in [9.17, 15) is 0 Å². The van der Waals surface area contributed by atoms with Crippen molar-refractivity contribution in [2.75, 3.05) is 5.33 Å². The average Bonchev–Trinajstić information content (AvgIpc) is 2.40. The van der Waals surface area contributed by atoms with Crippen LogP contribution in [0.3, 0.4) is 0 Å². The second kappa shape index (κ2) is 5.65. The largest absolute Gasteiger partial charge is 0.192 e. The highest BCUT2D eigenvalue weighted by molar-refractivity contribution is 9.09. The average molecular weight is 286 g/mol. The molecule has 0 N–H and O–H groups in total. The summed E-state index contributed by atoms with van der Waals surface area (Å²) in [6.07, 6.45) is 0.968. The van der Waals surface area contributed by atoms with Crippen molar-refractivity contribution in [3.63, 3.8) is 0 Å². The molecule has 0 heterocycles. The Morgan fingerprint density at radius 2 is 1.59 bits per heavy atom. The quantitative estimate of drug-likeness (QED) is 0.777. The maximum absolute atomic E-state index is 9.14. The molecule has 84 valence electrons. The van der Waals surface area contributed by atoms with Crippen molar-refractivity contribution >= 4 is 15.9 Å². The Morgan fingerprint density at radius 1 is 0.941 bits per heavy atom. The third kappa shape index (κ3) is 2.57. The van der Waals surface area contributed by atoms with Crippen LogP contribution < -0.4 is 0 Å². The predicted octanol–water partition coefficient (Wildman–Crippen LogP) is 4.16. The lowest BCUT2D eigenvalue weighted by Gasteiger charge is -2.09. The summed E-state index contributed by atoms with van der Waals surface area (Å²) in [6.45, 7) is 0. The van der Waals surface area contributed by atoms with Crippen molar-refractivity contribution < 1.29 is 0 Å². The molecule has 0 aliphatic heterocycles. The topological polar surface area (TPSA) is 23.8 Å². The lowest BCUT2D eigenvalue weighted by molar-refractivity contribution is 1.17. The summed E-state index contributed by atoms with van der Waals surface area (Å²) >= 11 is 3.46. The molecule has 0 saturated carbocycles. The highest BCUT2D eigenvalue weighted by Gasteiger charge is 2.07. The van der Waals surface area contributed by atoms with E-state index >= 15 is 0 Å². The summed E-state index contributed by atoms with van der Waals surface area (Å²) < 4.78 is 0. The summed E-state index contributed by atoms with van der Waals surface area (Å²) in [4.78, 5) is 0. The van der Waals surface area contributed by atoms with Gasteiger partial charge in [0, 0.05) is 5.33 Å². The van der Waals surface area contributed by atoms with Crippen molar-refractivity contribution in [2.24, 2.45) is 0 Å². The number of nitrogens with zero attached hydrogens (tertiary/aromatic N) is 1. The lowest BCUT2D eigenvalue weighted by atomic mass is 9.95. The van der Waals surface area contributed by atoms with Gasteiger partial charge in [-0.15, -0.1) is 0 Å². The van der Waals surface area contributed by atoms with E-state index in [0.29, 0.717) is 0 Å². The highest BCUT2D eigenvalue weighted by atomic mass is 79.9. The molecule has 0 unspecified atom stereocenters. The van der Waals surface area contributed by atoms with E-state index in [1.54, 1.807) is 0 Å². The first-order valence-electron chi connectivity index (χ1n) is 5.50. The highest BCUT2D eigenvalue weighted by Crippen LogP contribution is 2.27. The molecule has 0 aliphatic rings. The summed E-state index contributed by atoms with van der Waals surface area (Å²) in [5, 5.41) is 10.1. The zero-order valence-corrected chi connectivity index (χ0v) is 10.9. The number of rotatable bonds is 3. The molecule has 0 amide bonds. The number of hydrogen-bond acceptors (Lipinski definition) is 1. The fourth-order valence-electron chi connectivity index (χ4n) is 1.92. The zero-order valence-electron chi connectivity index (χ0n) is 9.36. The number of hydrogen-bond donors (Lipinski definition) is 0. The van der Waals surface area contributed by atoms with Gasteiger partial charge in [-0.05, 0) is 29.2 Å². The smallest absolute Gasteiger partial charge is 0.0998 e. The van der Waals surface area contributed by atoms with Crippen LogP contribution in [0.2, 0.25) is 0 Å². The van der Waals surface area contributed by atoms with Crippen LogP contribution in [0.1, 0.15) is 11.1 Å². The van der Waals surface area contributed by atoms with Gasteiger partial charge in [0.1, 0.15) is 0 Å². The molecule has 2 aromatic rings. The Bertz CT molecular complexity index is 555. The Kier molecular flexibility index (Phi) is 3.95. The van der Waals surface area contributed by atoms with Crippen molar-refractivity contribution in [2.45, 2.75) is 6.42 Å². The van der Waals surface area contributed by atoms with Crippen LogP contribution in [0.15, 0.2) is 48.5 Å². The molecule has 0 atom stereocenters. The summed E-state index contributed by atoms with van der Waals surface area (Å²) in [5.74, 6) is 0. The molecule has 1 nitrogen and oxygen atoms in total. The number of aryl methyl sites for hydroxylation is 1. The van der Waals surface area contributed by atoms with Crippen molar-refractivity contribution in [1.29, 1.82) is 5.26 Å². The van der Waals surface area contributed by atoms with Crippen LogP contribution in [0.5, 0.6) is 0 Å². The molecule has 0 bridgehead atoms. The normalized spacial score (nSPS) is 9.88. The third-order valence-electron chi connectivity index (χ3n) is 2.72. The van der Waals surface area contributed by atoms with Gasteiger partial charge in [-0.2, -0.15) is 5.26 Å². The Balaban J connectivity index is 2.57. The van der Waals surface area contributed by atoms with Crippen LogP contribution in [0.25, 0.3) is 11.1 Å². The summed E-state index contributed by atoms with van der Waals surface area (Å²) in [6, 6.07) is 18.2. The van der Waals surface area contributed by atoms with Gasteiger partial charge in [-0.1, -0.05) is 58.4 Å². The monoisotopic (exact) mass is 285 g/mol. The predicted molar refractivity (Wildman–Crippen MR) is 74.1 cm³/mol. The molecule has 2 heteroatoms. The standard InChI is InChI=1S/C15H12BrN/c16-10-9-12-5-1-3-7-14(12)15-8-4-2-6-13(15)11-17/h1-8H,9-10H2. The molecule has 2 rings (SSSR count). The van der Waals surface area contributed by atoms with Gasteiger partial charge in [0.05, 0.1) is 11.6 Å². The Hall–Kier alpha value is -1.59. The first-order chi connectivity index (χ1) is 8.36. The molecule has 0 fully saturated rings. The van der Waals surface area contributed by atoms with Gasteiger partial charge in [-0.25, -0.2) is 0 Å². The molecule has 0 spiro atoms. The van der Waals surface area contributed by atoms with E-state index in [4.69, 9.17) is 5.26 Å². The minimum absolute atomic E-state index is 0.731. The molecular formula is C15H12BrN. The first-order valence-corrected chi connectivity index (χ1v) is 6.62. The molecule has 2 aromatic carbocycles. The number of benzene rings is 2. The number of nitriles is 1. The fourth-order valence-corrected chi connectivity index (χ4v) is 2.35. The van der Waals surface area contributed by atoms with Crippen LogP contribution in [-0.2, 0) is 6.42 Å². The van der Waals surface area contributed by atoms with Gasteiger partial charge in [0.25, 0.3) is 0 Å². The van der Waals surface area contributed by atoms with Crippen LogP contribution in [-0.4, -0.2) is 5.33 Å². The minimum atomic E-state index is 0.731. The molecule has 0 aromatic heterocycles. The van der Waals surface area contributed by atoms with Gasteiger partial charge >= 0.3 is 0 Å². The van der Waals surface area contributed by atoms with Gasteiger partial charge in [-0.3, -0.25) is 0 Å².